The first-order valence-electron chi connectivity index (χ1n) is 5.92. The van der Waals surface area contributed by atoms with Crippen LogP contribution in [-0.2, 0) is 0 Å². The molecule has 0 aliphatic carbocycles. The fraction of sp³-hybridized carbons (Fsp3) is 0.462. The maximum atomic E-state index is 12.2. The van der Waals surface area contributed by atoms with Crippen LogP contribution in [0.25, 0.3) is 0 Å². The molecule has 0 aromatic heterocycles. The number of rotatable bonds is 2. The van der Waals surface area contributed by atoms with Gasteiger partial charge in [-0.2, -0.15) is 0 Å². The van der Waals surface area contributed by atoms with Gasteiger partial charge in [-0.15, -0.1) is 0 Å². The fourth-order valence-electron chi connectivity index (χ4n) is 2.05. The van der Waals surface area contributed by atoms with Crippen LogP contribution < -0.4 is 4.74 Å². The predicted octanol–water partition coefficient (Wildman–Crippen LogP) is 1.95. The number of hydrogen-bond acceptors (Lipinski definition) is 3. The lowest BCUT2D eigenvalue weighted by atomic mass is 10.1. The third-order valence-electron chi connectivity index (χ3n) is 3.15. The summed E-state index contributed by atoms with van der Waals surface area (Å²) in [4.78, 5) is 13.9. The van der Waals surface area contributed by atoms with Crippen LogP contribution in [0.5, 0.6) is 5.75 Å². The largest absolute Gasteiger partial charge is 0.495 e. The lowest BCUT2D eigenvalue weighted by Gasteiger charge is -2.29. The van der Waals surface area contributed by atoms with Crippen molar-refractivity contribution in [1.82, 2.24) is 4.90 Å². The number of carbonyl (C=O) groups is 1. The normalized spacial score (nSPS) is 16.7. The van der Waals surface area contributed by atoms with E-state index in [1.54, 1.807) is 23.1 Å². The molecule has 0 radical (unpaired) electrons. The first kappa shape index (κ1) is 13.2. The third-order valence-corrected chi connectivity index (χ3v) is 3.45. The van der Waals surface area contributed by atoms with Crippen molar-refractivity contribution in [3.05, 3.63) is 28.8 Å². The minimum absolute atomic E-state index is 0.0496. The molecule has 2 rings (SSSR count). The van der Waals surface area contributed by atoms with E-state index in [1.165, 1.54) is 7.11 Å². The van der Waals surface area contributed by atoms with Gasteiger partial charge in [0.2, 0.25) is 0 Å². The molecule has 0 spiro atoms. The van der Waals surface area contributed by atoms with Crippen LogP contribution >= 0.6 is 11.6 Å². The molecule has 0 bridgehead atoms. The number of carbonyl (C=O) groups excluding carboxylic acids is 1. The molecule has 0 unspecified atom stereocenters. The second kappa shape index (κ2) is 5.59. The zero-order valence-electron chi connectivity index (χ0n) is 10.2. The van der Waals surface area contributed by atoms with Crippen molar-refractivity contribution in [2.75, 3.05) is 20.2 Å². The van der Waals surface area contributed by atoms with Crippen LogP contribution in [0.2, 0.25) is 5.02 Å². The van der Waals surface area contributed by atoms with Crippen molar-refractivity contribution in [2.45, 2.75) is 18.9 Å². The van der Waals surface area contributed by atoms with E-state index in [9.17, 15) is 9.90 Å². The third kappa shape index (κ3) is 2.76. The quantitative estimate of drug-likeness (QED) is 0.893. The zero-order chi connectivity index (χ0) is 13.1. The van der Waals surface area contributed by atoms with Gasteiger partial charge in [0.15, 0.2) is 0 Å². The number of nitrogens with zero attached hydrogens (tertiary/aromatic N) is 1. The number of ether oxygens (including phenoxy) is 1. The van der Waals surface area contributed by atoms with Crippen LogP contribution in [0.3, 0.4) is 0 Å². The van der Waals surface area contributed by atoms with Gasteiger partial charge in [0.1, 0.15) is 5.75 Å². The molecule has 5 heteroatoms. The maximum absolute atomic E-state index is 12.2. The molecular formula is C13H16ClNO3. The smallest absolute Gasteiger partial charge is 0.253 e. The molecule has 1 saturated heterocycles. The lowest BCUT2D eigenvalue weighted by molar-refractivity contribution is 0.0546. The highest BCUT2D eigenvalue weighted by atomic mass is 35.5. The number of piperidine rings is 1. The van der Waals surface area contributed by atoms with Crippen molar-refractivity contribution in [3.63, 3.8) is 0 Å². The molecule has 1 amide bonds. The maximum Gasteiger partial charge on any atom is 0.253 e. The number of aliphatic hydroxyl groups excluding tert-OH is 1. The highest BCUT2D eigenvalue weighted by Gasteiger charge is 2.22. The molecule has 1 aliphatic heterocycles. The Hall–Kier alpha value is -1.26. The Morgan fingerprint density at radius 1 is 1.44 bits per heavy atom. The van der Waals surface area contributed by atoms with Gasteiger partial charge < -0.3 is 14.7 Å². The summed E-state index contributed by atoms with van der Waals surface area (Å²) in [5.74, 6) is 0.508. The number of amides is 1. The first-order valence-corrected chi connectivity index (χ1v) is 6.30. The predicted molar refractivity (Wildman–Crippen MR) is 69.1 cm³/mol. The van der Waals surface area contributed by atoms with Crippen molar-refractivity contribution in [3.8, 4) is 5.75 Å². The highest BCUT2D eigenvalue weighted by Crippen LogP contribution is 2.26. The SMILES string of the molecule is COc1ccc(C(=O)N2CCC(O)CC2)cc1Cl. The number of benzene rings is 1. The molecule has 1 aromatic carbocycles. The summed E-state index contributed by atoms with van der Waals surface area (Å²) in [7, 11) is 1.54. The summed E-state index contributed by atoms with van der Waals surface area (Å²) in [5.41, 5.74) is 0.553. The summed E-state index contributed by atoms with van der Waals surface area (Å²) in [6, 6.07) is 5.01. The van der Waals surface area contributed by atoms with E-state index < -0.39 is 0 Å². The number of halogens is 1. The Labute approximate surface area is 111 Å². The standard InChI is InChI=1S/C13H16ClNO3/c1-18-12-3-2-9(8-11(12)14)13(17)15-6-4-10(16)5-7-15/h2-3,8,10,16H,4-7H2,1H3. The number of aliphatic hydroxyl groups is 1. The molecule has 98 valence electrons. The van der Waals surface area contributed by atoms with E-state index in [-0.39, 0.29) is 12.0 Å². The summed E-state index contributed by atoms with van der Waals surface area (Å²) in [5, 5.41) is 9.85. The van der Waals surface area contributed by atoms with Gasteiger partial charge in [0.05, 0.1) is 18.2 Å². The highest BCUT2D eigenvalue weighted by molar-refractivity contribution is 6.32. The molecule has 4 nitrogen and oxygen atoms in total. The monoisotopic (exact) mass is 269 g/mol. The summed E-state index contributed by atoms with van der Waals surface area (Å²) in [6.45, 7) is 1.17. The molecular weight excluding hydrogens is 254 g/mol. The number of methoxy groups -OCH3 is 1. The van der Waals surface area contributed by atoms with Crippen molar-refractivity contribution in [1.29, 1.82) is 0 Å². The Bertz CT molecular complexity index is 442. The van der Waals surface area contributed by atoms with Crippen LogP contribution in [0.4, 0.5) is 0 Å². The van der Waals surface area contributed by atoms with E-state index in [1.807, 2.05) is 0 Å². The fourth-order valence-corrected chi connectivity index (χ4v) is 2.31. The molecule has 1 fully saturated rings. The van der Waals surface area contributed by atoms with Gasteiger partial charge in [-0.1, -0.05) is 11.6 Å². The molecule has 1 aromatic rings. The number of hydrogen-bond donors (Lipinski definition) is 1. The van der Waals surface area contributed by atoms with E-state index in [0.717, 1.165) is 0 Å². The Morgan fingerprint density at radius 2 is 2.11 bits per heavy atom. The molecule has 1 N–H and O–H groups in total. The molecule has 1 aliphatic rings. The van der Waals surface area contributed by atoms with Gasteiger partial charge in [-0.3, -0.25) is 4.79 Å². The summed E-state index contributed by atoms with van der Waals surface area (Å²) in [6.07, 6.45) is 0.985. The Balaban J connectivity index is 2.11. The van der Waals surface area contributed by atoms with E-state index in [2.05, 4.69) is 0 Å². The van der Waals surface area contributed by atoms with Crippen molar-refractivity contribution >= 4 is 17.5 Å². The van der Waals surface area contributed by atoms with Crippen LogP contribution in [0.1, 0.15) is 23.2 Å². The lowest BCUT2D eigenvalue weighted by Crippen LogP contribution is -2.40. The second-order valence-electron chi connectivity index (χ2n) is 4.37. The van der Waals surface area contributed by atoms with Crippen molar-refractivity contribution < 1.29 is 14.6 Å². The van der Waals surface area contributed by atoms with Gasteiger partial charge in [0.25, 0.3) is 5.91 Å². The number of likely N-dealkylation sites (tertiary alicyclic amines) is 1. The minimum atomic E-state index is -0.284. The van der Waals surface area contributed by atoms with Crippen LogP contribution in [0.15, 0.2) is 18.2 Å². The molecule has 1 heterocycles. The van der Waals surface area contributed by atoms with E-state index in [4.69, 9.17) is 16.3 Å². The molecule has 0 saturated carbocycles. The van der Waals surface area contributed by atoms with E-state index in [0.29, 0.717) is 42.3 Å². The Morgan fingerprint density at radius 3 is 2.67 bits per heavy atom. The van der Waals surface area contributed by atoms with Gasteiger partial charge in [-0.05, 0) is 31.0 Å². The van der Waals surface area contributed by atoms with E-state index >= 15 is 0 Å². The average Bonchev–Trinajstić information content (AvgIpc) is 2.38. The summed E-state index contributed by atoms with van der Waals surface area (Å²) >= 11 is 6.00. The van der Waals surface area contributed by atoms with Gasteiger partial charge in [-0.25, -0.2) is 0 Å². The Kier molecular flexibility index (Phi) is 4.09. The zero-order valence-corrected chi connectivity index (χ0v) is 11.0. The van der Waals surface area contributed by atoms with Crippen LogP contribution in [0, 0.1) is 0 Å². The first-order chi connectivity index (χ1) is 8.61. The van der Waals surface area contributed by atoms with Gasteiger partial charge in [0, 0.05) is 18.7 Å². The van der Waals surface area contributed by atoms with Crippen molar-refractivity contribution in [2.24, 2.45) is 0 Å². The molecule has 0 atom stereocenters. The second-order valence-corrected chi connectivity index (χ2v) is 4.78. The topological polar surface area (TPSA) is 49.8 Å². The average molecular weight is 270 g/mol. The molecule has 18 heavy (non-hydrogen) atoms. The summed E-state index contributed by atoms with van der Waals surface area (Å²) < 4.78 is 5.05. The van der Waals surface area contributed by atoms with Crippen LogP contribution in [-0.4, -0.2) is 42.2 Å². The minimum Gasteiger partial charge on any atom is -0.495 e. The van der Waals surface area contributed by atoms with Gasteiger partial charge >= 0.3 is 0 Å².